The van der Waals surface area contributed by atoms with Crippen molar-refractivity contribution >= 4 is 11.6 Å². The first-order valence-corrected chi connectivity index (χ1v) is 11.5. The number of anilines is 1. The molecular weight excluding hydrogens is 460 g/mol. The fourth-order valence-electron chi connectivity index (χ4n) is 5.15. The second kappa shape index (κ2) is 9.30. The lowest BCUT2D eigenvalue weighted by atomic mass is 9.96. The SMILES string of the molecule is O=C(NCc1cc(F)cc(F)c1)c1cncc(-c2cc(F)cc(F)c2)c1N1CCC2(CCCN2)C1. The standard InChI is InChI=1S/C26H24F4N4O/c27-18-6-16(7-19(28)10-18)12-32-25(35)23-14-31-13-22(17-8-20(29)11-21(30)9-17)24(23)34-5-3-26(15-34)2-1-4-33-26/h6-11,13-14,33H,1-5,12,15H2,(H,32,35). The highest BCUT2D eigenvalue weighted by molar-refractivity contribution is 6.03. The molecule has 1 aromatic heterocycles. The van der Waals surface area contributed by atoms with Crippen molar-refractivity contribution in [1.82, 2.24) is 15.6 Å². The van der Waals surface area contributed by atoms with Crippen molar-refractivity contribution in [3.63, 3.8) is 0 Å². The molecule has 0 bridgehead atoms. The van der Waals surface area contributed by atoms with Crippen molar-refractivity contribution in [2.45, 2.75) is 31.3 Å². The molecule has 2 saturated heterocycles. The van der Waals surface area contributed by atoms with E-state index in [1.165, 1.54) is 24.5 Å². The molecule has 0 saturated carbocycles. The Bertz CT molecular complexity index is 1240. The van der Waals surface area contributed by atoms with Crippen LogP contribution in [0.4, 0.5) is 23.2 Å². The fraction of sp³-hybridized carbons (Fsp3) is 0.308. The van der Waals surface area contributed by atoms with Gasteiger partial charge in [-0.3, -0.25) is 9.78 Å². The zero-order chi connectivity index (χ0) is 24.6. The van der Waals surface area contributed by atoms with Gasteiger partial charge in [-0.2, -0.15) is 0 Å². The quantitative estimate of drug-likeness (QED) is 0.521. The van der Waals surface area contributed by atoms with Gasteiger partial charge in [0.15, 0.2) is 0 Å². The Kier molecular flexibility index (Phi) is 6.19. The molecule has 0 aliphatic carbocycles. The van der Waals surface area contributed by atoms with E-state index in [-0.39, 0.29) is 28.8 Å². The lowest BCUT2D eigenvalue weighted by molar-refractivity contribution is 0.0951. The number of hydrogen-bond acceptors (Lipinski definition) is 4. The Balaban J connectivity index is 1.52. The van der Waals surface area contributed by atoms with Gasteiger partial charge >= 0.3 is 0 Å². The molecule has 35 heavy (non-hydrogen) atoms. The van der Waals surface area contributed by atoms with Gasteiger partial charge < -0.3 is 15.5 Å². The number of pyridine rings is 1. The van der Waals surface area contributed by atoms with Crippen LogP contribution in [0.5, 0.6) is 0 Å². The second-order valence-electron chi connectivity index (χ2n) is 9.18. The summed E-state index contributed by atoms with van der Waals surface area (Å²) in [5.74, 6) is -3.44. The second-order valence-corrected chi connectivity index (χ2v) is 9.18. The molecule has 2 N–H and O–H groups in total. The maximum absolute atomic E-state index is 14.1. The number of nitrogens with one attached hydrogen (secondary N) is 2. The van der Waals surface area contributed by atoms with Crippen LogP contribution in [0.3, 0.4) is 0 Å². The number of rotatable bonds is 5. The molecule has 2 aliphatic rings. The molecule has 5 rings (SSSR count). The van der Waals surface area contributed by atoms with Crippen molar-refractivity contribution in [3.8, 4) is 11.1 Å². The summed E-state index contributed by atoms with van der Waals surface area (Å²) in [4.78, 5) is 19.5. The zero-order valence-electron chi connectivity index (χ0n) is 18.9. The molecule has 1 amide bonds. The topological polar surface area (TPSA) is 57.3 Å². The van der Waals surface area contributed by atoms with Gasteiger partial charge in [-0.05, 0) is 61.2 Å². The maximum Gasteiger partial charge on any atom is 0.255 e. The van der Waals surface area contributed by atoms with Crippen molar-refractivity contribution < 1.29 is 22.4 Å². The largest absolute Gasteiger partial charge is 0.368 e. The molecule has 0 radical (unpaired) electrons. The number of halogens is 4. The molecule has 3 aromatic rings. The first kappa shape index (κ1) is 23.3. The minimum atomic E-state index is -0.738. The summed E-state index contributed by atoms with van der Waals surface area (Å²) in [6.45, 7) is 2.11. The van der Waals surface area contributed by atoms with Gasteiger partial charge in [-0.15, -0.1) is 0 Å². The Morgan fingerprint density at radius 3 is 2.31 bits per heavy atom. The minimum absolute atomic E-state index is 0.0689. The average Bonchev–Trinajstić information content (AvgIpc) is 3.45. The molecule has 2 aromatic carbocycles. The van der Waals surface area contributed by atoms with Crippen molar-refractivity contribution in [3.05, 3.63) is 83.2 Å². The van der Waals surface area contributed by atoms with Crippen LogP contribution in [-0.2, 0) is 6.54 Å². The molecule has 182 valence electrons. The number of benzene rings is 2. The highest BCUT2D eigenvalue weighted by Crippen LogP contribution is 2.40. The number of carbonyl (C=O) groups is 1. The number of amides is 1. The maximum atomic E-state index is 14.1. The van der Waals surface area contributed by atoms with E-state index in [1.807, 2.05) is 0 Å². The lowest BCUT2D eigenvalue weighted by Crippen LogP contribution is -2.42. The minimum Gasteiger partial charge on any atom is -0.368 e. The van der Waals surface area contributed by atoms with Crippen LogP contribution < -0.4 is 15.5 Å². The summed E-state index contributed by atoms with van der Waals surface area (Å²) in [6.07, 6.45) is 5.84. The van der Waals surface area contributed by atoms with E-state index in [9.17, 15) is 22.4 Å². The van der Waals surface area contributed by atoms with Gasteiger partial charge in [0.25, 0.3) is 5.91 Å². The van der Waals surface area contributed by atoms with Crippen molar-refractivity contribution in [1.29, 1.82) is 0 Å². The van der Waals surface area contributed by atoms with Crippen LogP contribution in [0, 0.1) is 23.3 Å². The molecule has 1 atom stereocenters. The molecule has 1 spiro atoms. The van der Waals surface area contributed by atoms with Gasteiger partial charge in [0.1, 0.15) is 23.3 Å². The summed E-state index contributed by atoms with van der Waals surface area (Å²) >= 11 is 0. The van der Waals surface area contributed by atoms with Crippen LogP contribution >= 0.6 is 0 Å². The summed E-state index contributed by atoms with van der Waals surface area (Å²) in [5.41, 5.74) is 1.65. The normalized spacial score (nSPS) is 19.5. The Morgan fingerprint density at radius 1 is 0.971 bits per heavy atom. The first-order valence-electron chi connectivity index (χ1n) is 11.5. The monoisotopic (exact) mass is 484 g/mol. The zero-order valence-corrected chi connectivity index (χ0v) is 18.9. The number of carbonyl (C=O) groups excluding carboxylic acids is 1. The molecule has 9 heteroatoms. The summed E-state index contributed by atoms with van der Waals surface area (Å²) in [6, 6.07) is 6.25. The van der Waals surface area contributed by atoms with Crippen LogP contribution in [-0.4, -0.2) is 36.1 Å². The van der Waals surface area contributed by atoms with Gasteiger partial charge in [0, 0.05) is 55.3 Å². The van der Waals surface area contributed by atoms with Crippen LogP contribution in [0.25, 0.3) is 11.1 Å². The molecule has 2 aliphatic heterocycles. The van der Waals surface area contributed by atoms with E-state index in [4.69, 9.17) is 0 Å². The van der Waals surface area contributed by atoms with Gasteiger partial charge in [-0.25, -0.2) is 17.6 Å². The van der Waals surface area contributed by atoms with Gasteiger partial charge in [-0.1, -0.05) is 0 Å². The summed E-state index contributed by atoms with van der Waals surface area (Å²) in [5, 5.41) is 6.26. The number of nitrogens with zero attached hydrogens (tertiary/aromatic N) is 2. The van der Waals surface area contributed by atoms with Crippen molar-refractivity contribution in [2.75, 3.05) is 24.5 Å². The third-order valence-corrected chi connectivity index (χ3v) is 6.71. The fourth-order valence-corrected chi connectivity index (χ4v) is 5.15. The smallest absolute Gasteiger partial charge is 0.255 e. The van der Waals surface area contributed by atoms with E-state index in [1.54, 1.807) is 0 Å². The van der Waals surface area contributed by atoms with E-state index in [0.717, 1.165) is 50.1 Å². The van der Waals surface area contributed by atoms with Crippen LogP contribution in [0.1, 0.15) is 35.2 Å². The predicted octanol–water partition coefficient (Wildman–Crippen LogP) is 4.57. The van der Waals surface area contributed by atoms with E-state index in [2.05, 4.69) is 20.5 Å². The Labute approximate surface area is 200 Å². The van der Waals surface area contributed by atoms with E-state index in [0.29, 0.717) is 24.3 Å². The summed E-state index contributed by atoms with van der Waals surface area (Å²) in [7, 11) is 0. The Morgan fingerprint density at radius 2 is 1.66 bits per heavy atom. The van der Waals surface area contributed by atoms with Gasteiger partial charge in [0.05, 0.1) is 11.3 Å². The molecule has 3 heterocycles. The van der Waals surface area contributed by atoms with Crippen LogP contribution in [0.15, 0.2) is 48.8 Å². The predicted molar refractivity (Wildman–Crippen MR) is 124 cm³/mol. The first-order chi connectivity index (χ1) is 16.8. The number of aromatic nitrogens is 1. The molecule has 2 fully saturated rings. The molecule has 5 nitrogen and oxygen atoms in total. The van der Waals surface area contributed by atoms with E-state index < -0.39 is 29.2 Å². The highest BCUT2D eigenvalue weighted by atomic mass is 19.1. The third-order valence-electron chi connectivity index (χ3n) is 6.71. The molecule has 1 unspecified atom stereocenters. The van der Waals surface area contributed by atoms with Crippen molar-refractivity contribution in [2.24, 2.45) is 0 Å². The summed E-state index contributed by atoms with van der Waals surface area (Å²) < 4.78 is 55.3. The van der Waals surface area contributed by atoms with Crippen LogP contribution in [0.2, 0.25) is 0 Å². The molecular formula is C26H24F4N4O. The average molecular weight is 484 g/mol. The number of hydrogen-bond donors (Lipinski definition) is 2. The van der Waals surface area contributed by atoms with Gasteiger partial charge in [0.2, 0.25) is 0 Å². The van der Waals surface area contributed by atoms with E-state index >= 15 is 0 Å². The highest BCUT2D eigenvalue weighted by Gasteiger charge is 2.41. The lowest BCUT2D eigenvalue weighted by Gasteiger charge is -2.28. The third kappa shape index (κ3) is 4.86. The Hall–Kier alpha value is -3.46.